The Morgan fingerprint density at radius 3 is 1.81 bits per heavy atom. The van der Waals surface area contributed by atoms with Crippen LogP contribution in [-0.2, 0) is 0 Å². The zero-order valence-corrected chi connectivity index (χ0v) is 26.1. The van der Waals surface area contributed by atoms with E-state index in [2.05, 4.69) is 164 Å². The van der Waals surface area contributed by atoms with Gasteiger partial charge in [0.2, 0.25) is 0 Å². The van der Waals surface area contributed by atoms with Crippen LogP contribution in [0.25, 0.3) is 98.5 Å². The molecule has 0 bridgehead atoms. The monoisotopic (exact) mass is 608 g/mol. The Labute approximate surface area is 277 Å². The summed E-state index contributed by atoms with van der Waals surface area (Å²) in [7, 11) is 0. The Balaban J connectivity index is 1.22. The van der Waals surface area contributed by atoms with Crippen molar-refractivity contribution in [1.29, 1.82) is 0 Å². The summed E-state index contributed by atoms with van der Waals surface area (Å²) in [5.41, 5.74) is 7.97. The van der Waals surface area contributed by atoms with Gasteiger partial charge < -0.3 is 0 Å². The molecule has 0 radical (unpaired) electrons. The molecule has 0 aliphatic heterocycles. The Bertz CT molecular complexity index is 2890. The largest absolute Gasteiger partial charge is 0.244 e. The standard InChI is InChI=1S/C46H28N2/c1-2-11-33(12-3-1)45-46(36-20-17-29-9-4-5-13-34(29)27-36)47-41-26-23-35(28-42(41)48-45)38-16-8-14-31-18-19-32-22-24-39-37-15-7-6-10-30(37)21-25-40(39)44(32)43(31)38/h1-28H. The van der Waals surface area contributed by atoms with Crippen LogP contribution in [0.1, 0.15) is 0 Å². The maximum absolute atomic E-state index is 5.35. The first-order valence-electron chi connectivity index (χ1n) is 16.4. The van der Waals surface area contributed by atoms with Crippen molar-refractivity contribution in [3.8, 4) is 33.6 Å². The van der Waals surface area contributed by atoms with E-state index in [1.54, 1.807) is 0 Å². The molecular formula is C46H28N2. The summed E-state index contributed by atoms with van der Waals surface area (Å²) in [5, 5.41) is 12.5. The first kappa shape index (κ1) is 26.8. The number of benzene rings is 9. The molecule has 0 N–H and O–H groups in total. The predicted molar refractivity (Wildman–Crippen MR) is 203 cm³/mol. The van der Waals surface area contributed by atoms with E-state index in [9.17, 15) is 0 Å². The quantitative estimate of drug-likeness (QED) is 0.187. The van der Waals surface area contributed by atoms with E-state index in [4.69, 9.17) is 9.97 Å². The van der Waals surface area contributed by atoms with Crippen LogP contribution in [0.5, 0.6) is 0 Å². The molecule has 10 rings (SSSR count). The Morgan fingerprint density at radius 1 is 0.292 bits per heavy atom. The molecule has 0 saturated carbocycles. The van der Waals surface area contributed by atoms with E-state index >= 15 is 0 Å². The summed E-state index contributed by atoms with van der Waals surface area (Å²) < 4.78 is 0. The third kappa shape index (κ3) is 4.20. The minimum atomic E-state index is 0.878. The average Bonchev–Trinajstić information content (AvgIpc) is 3.16. The predicted octanol–water partition coefficient (Wildman–Crippen LogP) is 12.4. The fraction of sp³-hybridized carbons (Fsp3) is 0. The number of hydrogen-bond donors (Lipinski definition) is 0. The van der Waals surface area contributed by atoms with Crippen molar-refractivity contribution in [2.75, 3.05) is 0 Å². The Morgan fingerprint density at radius 2 is 0.917 bits per heavy atom. The highest BCUT2D eigenvalue weighted by Crippen LogP contribution is 2.41. The lowest BCUT2D eigenvalue weighted by molar-refractivity contribution is 1.29. The van der Waals surface area contributed by atoms with Gasteiger partial charge >= 0.3 is 0 Å². The van der Waals surface area contributed by atoms with Crippen molar-refractivity contribution in [2.45, 2.75) is 0 Å². The van der Waals surface area contributed by atoms with Gasteiger partial charge in [0.05, 0.1) is 22.4 Å². The highest BCUT2D eigenvalue weighted by Gasteiger charge is 2.16. The smallest absolute Gasteiger partial charge is 0.0973 e. The zero-order valence-electron chi connectivity index (χ0n) is 26.1. The van der Waals surface area contributed by atoms with E-state index in [1.807, 2.05) is 6.07 Å². The third-order valence-electron chi connectivity index (χ3n) is 9.79. The minimum absolute atomic E-state index is 0.878. The number of fused-ring (bicyclic) bond motifs is 9. The molecule has 2 nitrogen and oxygen atoms in total. The van der Waals surface area contributed by atoms with Crippen LogP contribution in [0.4, 0.5) is 0 Å². The summed E-state index contributed by atoms with van der Waals surface area (Å²) >= 11 is 0. The summed E-state index contributed by atoms with van der Waals surface area (Å²) in [6.07, 6.45) is 0. The van der Waals surface area contributed by atoms with Crippen LogP contribution in [0.15, 0.2) is 170 Å². The van der Waals surface area contributed by atoms with Gasteiger partial charge in [-0.3, -0.25) is 0 Å². The van der Waals surface area contributed by atoms with Gasteiger partial charge in [-0.15, -0.1) is 0 Å². The molecule has 1 heterocycles. The van der Waals surface area contributed by atoms with Crippen molar-refractivity contribution in [1.82, 2.24) is 9.97 Å². The van der Waals surface area contributed by atoms with Gasteiger partial charge in [0, 0.05) is 11.1 Å². The molecule has 10 aromatic rings. The van der Waals surface area contributed by atoms with Crippen molar-refractivity contribution in [2.24, 2.45) is 0 Å². The topological polar surface area (TPSA) is 25.8 Å². The maximum Gasteiger partial charge on any atom is 0.0973 e. The van der Waals surface area contributed by atoms with Gasteiger partial charge in [-0.05, 0) is 83.2 Å². The molecule has 0 saturated heterocycles. The first-order chi connectivity index (χ1) is 23.8. The summed E-state index contributed by atoms with van der Waals surface area (Å²) in [6.45, 7) is 0. The molecule has 2 heteroatoms. The lowest BCUT2D eigenvalue weighted by atomic mass is 9.90. The zero-order chi connectivity index (χ0) is 31.6. The number of rotatable bonds is 3. The molecular weight excluding hydrogens is 581 g/mol. The fourth-order valence-corrected chi connectivity index (χ4v) is 7.49. The first-order valence-corrected chi connectivity index (χ1v) is 16.4. The van der Waals surface area contributed by atoms with Gasteiger partial charge in [-0.1, -0.05) is 152 Å². The Hall–Kier alpha value is -6.38. The van der Waals surface area contributed by atoms with Gasteiger partial charge in [0.25, 0.3) is 0 Å². The molecule has 0 spiro atoms. The normalized spacial score (nSPS) is 11.8. The summed E-state index contributed by atoms with van der Waals surface area (Å²) in [5.74, 6) is 0. The highest BCUT2D eigenvalue weighted by molar-refractivity contribution is 6.27. The van der Waals surface area contributed by atoms with Crippen LogP contribution in [-0.4, -0.2) is 9.97 Å². The van der Waals surface area contributed by atoms with Gasteiger partial charge in [0.1, 0.15) is 0 Å². The average molecular weight is 609 g/mol. The minimum Gasteiger partial charge on any atom is -0.244 e. The second-order valence-electron chi connectivity index (χ2n) is 12.6. The molecule has 0 aliphatic carbocycles. The van der Waals surface area contributed by atoms with Gasteiger partial charge in [-0.25, -0.2) is 9.97 Å². The summed E-state index contributed by atoms with van der Waals surface area (Å²) in [4.78, 5) is 10.6. The molecule has 48 heavy (non-hydrogen) atoms. The molecule has 1 aromatic heterocycles. The van der Waals surface area contributed by atoms with E-state index in [0.717, 1.165) is 39.1 Å². The fourth-order valence-electron chi connectivity index (χ4n) is 7.49. The number of nitrogens with zero attached hydrogens (tertiary/aromatic N) is 2. The van der Waals surface area contributed by atoms with Crippen LogP contribution in [0.2, 0.25) is 0 Å². The lowest BCUT2D eigenvalue weighted by Gasteiger charge is -2.15. The number of aromatic nitrogens is 2. The molecule has 222 valence electrons. The van der Waals surface area contributed by atoms with Gasteiger partial charge in [-0.2, -0.15) is 0 Å². The highest BCUT2D eigenvalue weighted by atomic mass is 14.8. The molecule has 0 atom stereocenters. The second kappa shape index (κ2) is 10.6. The van der Waals surface area contributed by atoms with Crippen LogP contribution in [0.3, 0.4) is 0 Å². The van der Waals surface area contributed by atoms with E-state index in [-0.39, 0.29) is 0 Å². The lowest BCUT2D eigenvalue weighted by Crippen LogP contribution is -1.96. The third-order valence-corrected chi connectivity index (χ3v) is 9.79. The van der Waals surface area contributed by atoms with Crippen molar-refractivity contribution in [3.05, 3.63) is 170 Å². The van der Waals surface area contributed by atoms with Crippen molar-refractivity contribution in [3.63, 3.8) is 0 Å². The molecule has 0 aliphatic rings. The van der Waals surface area contributed by atoms with Crippen LogP contribution >= 0.6 is 0 Å². The van der Waals surface area contributed by atoms with E-state index < -0.39 is 0 Å². The Kier molecular flexibility index (Phi) is 5.91. The van der Waals surface area contributed by atoms with Crippen molar-refractivity contribution < 1.29 is 0 Å². The van der Waals surface area contributed by atoms with Crippen LogP contribution in [0, 0.1) is 0 Å². The van der Waals surface area contributed by atoms with Crippen molar-refractivity contribution >= 4 is 64.9 Å². The second-order valence-corrected chi connectivity index (χ2v) is 12.6. The number of hydrogen-bond acceptors (Lipinski definition) is 2. The van der Waals surface area contributed by atoms with E-state index in [0.29, 0.717) is 0 Å². The molecule has 0 unspecified atom stereocenters. The maximum atomic E-state index is 5.35. The molecule has 9 aromatic carbocycles. The van der Waals surface area contributed by atoms with E-state index in [1.165, 1.54) is 59.4 Å². The molecule has 0 amide bonds. The molecule has 0 fully saturated rings. The summed E-state index contributed by atoms with van der Waals surface area (Å²) in [6, 6.07) is 60.9. The van der Waals surface area contributed by atoms with Gasteiger partial charge in [0.15, 0.2) is 0 Å². The van der Waals surface area contributed by atoms with Crippen LogP contribution < -0.4 is 0 Å². The SMILES string of the molecule is c1ccc(-c2nc3cc(-c4cccc5ccc6ccc7c8ccccc8ccc7c6c45)ccc3nc2-c2ccc3ccccc3c2)cc1.